The minimum atomic E-state index is -3.88. The van der Waals surface area contributed by atoms with Crippen molar-refractivity contribution >= 4 is 21.6 Å². The number of hydrogen-bond acceptors (Lipinski definition) is 6. The Balaban J connectivity index is 1.77. The van der Waals surface area contributed by atoms with Gasteiger partial charge < -0.3 is 14.8 Å². The maximum atomic E-state index is 13.1. The normalized spacial score (nSPS) is 12.3. The lowest BCUT2D eigenvalue weighted by molar-refractivity contribution is -0.118. The molecule has 1 heterocycles. The summed E-state index contributed by atoms with van der Waals surface area (Å²) in [5.41, 5.74) is 2.34. The van der Waals surface area contributed by atoms with Gasteiger partial charge in [0.05, 0.1) is 12.0 Å². The molecule has 1 atom stereocenters. The first-order valence-corrected chi connectivity index (χ1v) is 12.8. The van der Waals surface area contributed by atoms with Crippen molar-refractivity contribution in [2.75, 3.05) is 12.4 Å². The van der Waals surface area contributed by atoms with Crippen LogP contribution in [0.3, 0.4) is 0 Å². The maximum Gasteiger partial charge on any atom is 0.242 e. The molecule has 1 unspecified atom stereocenters. The third kappa shape index (κ3) is 7.53. The van der Waals surface area contributed by atoms with Gasteiger partial charge in [-0.3, -0.25) is 9.78 Å². The summed E-state index contributed by atoms with van der Waals surface area (Å²) < 4.78 is 39.7. The smallest absolute Gasteiger partial charge is 0.242 e. The molecular weight excluding hydrogens is 466 g/mol. The number of pyridine rings is 1. The number of aromatic nitrogens is 1. The number of benzene rings is 2. The molecule has 0 saturated carbocycles. The zero-order chi connectivity index (χ0) is 25.4. The molecule has 1 aromatic heterocycles. The van der Waals surface area contributed by atoms with Crippen molar-refractivity contribution < 1.29 is 22.7 Å². The summed E-state index contributed by atoms with van der Waals surface area (Å²) >= 11 is 0. The lowest BCUT2D eigenvalue weighted by Gasteiger charge is -2.21. The number of carbonyl (C=O) groups is 1. The Morgan fingerprint density at radius 2 is 1.69 bits per heavy atom. The second kappa shape index (κ2) is 11.8. The van der Waals surface area contributed by atoms with Crippen LogP contribution in [0.2, 0.25) is 0 Å². The topological polar surface area (TPSA) is 107 Å². The molecule has 0 radical (unpaired) electrons. The van der Waals surface area contributed by atoms with Crippen LogP contribution in [-0.4, -0.2) is 32.5 Å². The number of amides is 1. The van der Waals surface area contributed by atoms with E-state index in [0.717, 1.165) is 11.1 Å². The van der Waals surface area contributed by atoms with Crippen LogP contribution < -0.4 is 19.5 Å². The minimum absolute atomic E-state index is 0.0848. The van der Waals surface area contributed by atoms with Crippen molar-refractivity contribution in [3.63, 3.8) is 0 Å². The fourth-order valence-electron chi connectivity index (χ4n) is 3.39. The number of rotatable bonds is 11. The summed E-state index contributed by atoms with van der Waals surface area (Å²) in [7, 11) is -2.34. The Morgan fingerprint density at radius 3 is 2.31 bits per heavy atom. The van der Waals surface area contributed by atoms with E-state index in [2.05, 4.69) is 15.0 Å². The van der Waals surface area contributed by atoms with E-state index >= 15 is 0 Å². The number of nitrogens with zero attached hydrogens (tertiary/aromatic N) is 1. The molecule has 186 valence electrons. The van der Waals surface area contributed by atoms with Gasteiger partial charge in [0.1, 0.15) is 12.6 Å². The van der Waals surface area contributed by atoms with Gasteiger partial charge in [0.2, 0.25) is 15.9 Å². The minimum Gasteiger partial charge on any atom is -0.493 e. The van der Waals surface area contributed by atoms with E-state index in [4.69, 9.17) is 9.47 Å². The Kier molecular flexibility index (Phi) is 8.84. The zero-order valence-electron chi connectivity index (χ0n) is 20.3. The highest BCUT2D eigenvalue weighted by Gasteiger charge is 2.27. The molecule has 0 aliphatic carbocycles. The predicted molar refractivity (Wildman–Crippen MR) is 135 cm³/mol. The van der Waals surface area contributed by atoms with Crippen molar-refractivity contribution in [1.82, 2.24) is 9.71 Å². The molecule has 2 aromatic carbocycles. The lowest BCUT2D eigenvalue weighted by atomic mass is 10.0. The van der Waals surface area contributed by atoms with Crippen molar-refractivity contribution in [2.45, 2.75) is 44.7 Å². The van der Waals surface area contributed by atoms with Crippen LogP contribution >= 0.6 is 0 Å². The third-order valence-corrected chi connectivity index (χ3v) is 6.71. The number of nitrogens with one attached hydrogen (secondary N) is 2. The van der Waals surface area contributed by atoms with E-state index in [0.29, 0.717) is 30.2 Å². The lowest BCUT2D eigenvalue weighted by Crippen LogP contribution is -2.44. The molecular formula is C26H31N3O5S. The SMILES string of the molecule is COc1ccc(NC(=O)C(CC(C)C)NS(=O)(=O)c2ccc(C)cc2)cc1OCc1ccncc1. The van der Waals surface area contributed by atoms with Crippen LogP contribution in [0.1, 0.15) is 31.4 Å². The van der Waals surface area contributed by atoms with Crippen LogP contribution in [0.4, 0.5) is 5.69 Å². The molecule has 0 aliphatic rings. The van der Waals surface area contributed by atoms with E-state index in [9.17, 15) is 13.2 Å². The molecule has 3 rings (SSSR count). The van der Waals surface area contributed by atoms with E-state index in [1.807, 2.05) is 32.9 Å². The summed E-state index contributed by atoms with van der Waals surface area (Å²) in [6.07, 6.45) is 3.69. The van der Waals surface area contributed by atoms with Crippen LogP contribution in [0.25, 0.3) is 0 Å². The van der Waals surface area contributed by atoms with Gasteiger partial charge in [-0.2, -0.15) is 4.72 Å². The first-order valence-electron chi connectivity index (χ1n) is 11.3. The molecule has 0 bridgehead atoms. The Hall–Kier alpha value is -3.43. The van der Waals surface area contributed by atoms with Gasteiger partial charge in [0.25, 0.3) is 0 Å². The van der Waals surface area contributed by atoms with Gasteiger partial charge in [-0.1, -0.05) is 31.5 Å². The zero-order valence-corrected chi connectivity index (χ0v) is 21.1. The molecule has 2 N–H and O–H groups in total. The molecule has 9 heteroatoms. The van der Waals surface area contributed by atoms with Gasteiger partial charge in [-0.25, -0.2) is 8.42 Å². The maximum absolute atomic E-state index is 13.1. The summed E-state index contributed by atoms with van der Waals surface area (Å²) in [6, 6.07) is 14.2. The fourth-order valence-corrected chi connectivity index (χ4v) is 4.60. The summed E-state index contributed by atoms with van der Waals surface area (Å²) in [5, 5.41) is 2.81. The van der Waals surface area contributed by atoms with Crippen molar-refractivity contribution in [2.24, 2.45) is 5.92 Å². The highest BCUT2D eigenvalue weighted by molar-refractivity contribution is 7.89. The van der Waals surface area contributed by atoms with E-state index in [1.54, 1.807) is 42.7 Å². The van der Waals surface area contributed by atoms with Gasteiger partial charge in [0, 0.05) is 24.1 Å². The number of aryl methyl sites for hydroxylation is 1. The quantitative estimate of drug-likeness (QED) is 0.409. The van der Waals surface area contributed by atoms with Gasteiger partial charge in [-0.15, -0.1) is 0 Å². The predicted octanol–water partition coefficient (Wildman–Crippen LogP) is 4.31. The first-order chi connectivity index (χ1) is 16.7. The van der Waals surface area contributed by atoms with Crippen molar-refractivity contribution in [3.8, 4) is 11.5 Å². The van der Waals surface area contributed by atoms with E-state index in [1.165, 1.54) is 19.2 Å². The number of ether oxygens (including phenoxy) is 2. The molecule has 8 nitrogen and oxygen atoms in total. The monoisotopic (exact) mass is 497 g/mol. The third-order valence-electron chi connectivity index (χ3n) is 5.23. The summed E-state index contributed by atoms with van der Waals surface area (Å²) in [4.78, 5) is 17.2. The van der Waals surface area contributed by atoms with Crippen molar-refractivity contribution in [3.05, 3.63) is 78.1 Å². The second-order valence-corrected chi connectivity index (χ2v) is 10.3. The van der Waals surface area contributed by atoms with Crippen molar-refractivity contribution in [1.29, 1.82) is 0 Å². The van der Waals surface area contributed by atoms with Gasteiger partial charge >= 0.3 is 0 Å². The Morgan fingerprint density at radius 1 is 1.00 bits per heavy atom. The molecule has 1 amide bonds. The number of methoxy groups -OCH3 is 1. The Bertz CT molecular complexity index is 1230. The molecule has 35 heavy (non-hydrogen) atoms. The summed E-state index contributed by atoms with van der Waals surface area (Å²) in [5.74, 6) is 0.583. The van der Waals surface area contributed by atoms with E-state index in [-0.39, 0.29) is 10.8 Å². The average molecular weight is 498 g/mol. The molecule has 0 aliphatic heterocycles. The number of sulfonamides is 1. The van der Waals surface area contributed by atoms with Crippen LogP contribution in [0.15, 0.2) is 71.9 Å². The number of hydrogen-bond donors (Lipinski definition) is 2. The molecule has 0 saturated heterocycles. The number of carbonyl (C=O) groups excluding carboxylic acids is 1. The largest absolute Gasteiger partial charge is 0.493 e. The van der Waals surface area contributed by atoms with Gasteiger partial charge in [0.15, 0.2) is 11.5 Å². The average Bonchev–Trinajstić information content (AvgIpc) is 2.83. The molecule has 3 aromatic rings. The highest BCUT2D eigenvalue weighted by atomic mass is 32.2. The van der Waals surface area contributed by atoms with Gasteiger partial charge in [-0.05, 0) is 61.2 Å². The van der Waals surface area contributed by atoms with Crippen LogP contribution in [0, 0.1) is 12.8 Å². The number of anilines is 1. The molecule has 0 spiro atoms. The highest BCUT2D eigenvalue weighted by Crippen LogP contribution is 2.31. The Labute approximate surface area is 206 Å². The van der Waals surface area contributed by atoms with E-state index < -0.39 is 22.0 Å². The first kappa shape index (κ1) is 26.2. The second-order valence-electron chi connectivity index (χ2n) is 8.62. The fraction of sp³-hybridized carbons (Fsp3) is 0.308. The van der Waals surface area contributed by atoms with Crippen LogP contribution in [0.5, 0.6) is 11.5 Å². The standard InChI is InChI=1S/C26H31N3O5S/c1-18(2)15-23(29-35(31,32)22-8-5-19(3)6-9-22)26(30)28-21-7-10-24(33-4)25(16-21)34-17-20-11-13-27-14-12-20/h5-14,16,18,23,29H,15,17H2,1-4H3,(H,28,30). The molecule has 0 fully saturated rings. The summed E-state index contributed by atoms with van der Waals surface area (Å²) in [6.45, 7) is 6.03. The van der Waals surface area contributed by atoms with Crippen LogP contribution in [-0.2, 0) is 21.4 Å².